The standard InChI is InChI=1S/C85H166O17P2/c1-7-9-11-13-15-17-19-21-23-25-27-29-31-33-35-37-39-44-50-57-63-69-84(89)101-80(73-95-82(87)67-61-55-49-43-38-36-34-32-30-28-26-24-22-20-18-16-14-12-10-8-2)75-99-103(91,92)97-71-79(86)72-98-104(93,94)100-76-81(74-96-83(88)68-62-56-52-46-48-54-60-66-78(5)6)102-85(90)70-64-58-51-45-41-40-42-47-53-59-65-77(3)4/h77-81,86H,7-76H2,1-6H3,(H,91,92)(H,93,94)/t79-,80-,81-/m1/s1. The number of aliphatic hydroxyl groups excluding tert-OH is 1. The molecule has 0 fully saturated rings. The van der Waals surface area contributed by atoms with Crippen LogP contribution in [0.5, 0.6) is 0 Å². The SMILES string of the molecule is CCCCCCCCCCCCCCCCCCCCCCCC(=O)O[C@H](COC(=O)CCCCCCCCCCCCCCCCCCCCCC)COP(=O)(O)OC[C@@H](O)COP(=O)(O)OC[C@@H](COC(=O)CCCCCCCCCC(C)C)OC(=O)CCCCCCCCCCCCC(C)C. The average Bonchev–Trinajstić information content (AvgIpc) is 0.925. The molecule has 5 atom stereocenters. The van der Waals surface area contributed by atoms with Crippen LogP contribution in [-0.2, 0) is 65.4 Å². The third-order valence-corrected chi connectivity index (χ3v) is 21.9. The van der Waals surface area contributed by atoms with E-state index in [0.29, 0.717) is 31.6 Å². The van der Waals surface area contributed by atoms with Gasteiger partial charge in [-0.2, -0.15) is 0 Å². The molecule has 618 valence electrons. The first kappa shape index (κ1) is 102. The summed E-state index contributed by atoms with van der Waals surface area (Å²) in [5.74, 6) is -0.650. The highest BCUT2D eigenvalue weighted by Gasteiger charge is 2.30. The van der Waals surface area contributed by atoms with Gasteiger partial charge in [-0.05, 0) is 37.5 Å². The van der Waals surface area contributed by atoms with E-state index in [9.17, 15) is 43.2 Å². The second-order valence-corrected chi connectivity index (χ2v) is 34.4. The van der Waals surface area contributed by atoms with Gasteiger partial charge in [-0.3, -0.25) is 37.3 Å². The van der Waals surface area contributed by atoms with Gasteiger partial charge in [-0.15, -0.1) is 0 Å². The highest BCUT2D eigenvalue weighted by atomic mass is 31.2. The number of phosphoric ester groups is 2. The first-order valence-corrected chi connectivity index (χ1v) is 47.0. The highest BCUT2D eigenvalue weighted by Crippen LogP contribution is 2.45. The Labute approximate surface area is 638 Å². The monoisotopic (exact) mass is 1520 g/mol. The van der Waals surface area contributed by atoms with E-state index in [2.05, 4.69) is 41.5 Å². The minimum Gasteiger partial charge on any atom is -0.462 e. The summed E-state index contributed by atoms with van der Waals surface area (Å²) in [7, 11) is -9.92. The maximum atomic E-state index is 13.1. The second kappa shape index (κ2) is 76.4. The lowest BCUT2D eigenvalue weighted by Crippen LogP contribution is -2.30. The van der Waals surface area contributed by atoms with Crippen molar-refractivity contribution in [2.24, 2.45) is 11.8 Å². The number of ether oxygens (including phenoxy) is 4. The molecule has 0 amide bonds. The molecule has 0 aliphatic carbocycles. The molecule has 3 N–H and O–H groups in total. The predicted octanol–water partition coefficient (Wildman–Crippen LogP) is 25.8. The Morgan fingerprint density at radius 3 is 0.654 bits per heavy atom. The minimum absolute atomic E-state index is 0.105. The molecule has 0 aliphatic heterocycles. The van der Waals surface area contributed by atoms with Gasteiger partial charge < -0.3 is 33.8 Å². The normalized spacial score (nSPS) is 13.8. The van der Waals surface area contributed by atoms with Crippen LogP contribution in [0.1, 0.15) is 452 Å². The molecular weight excluding hydrogens is 1350 g/mol. The number of rotatable bonds is 84. The summed E-state index contributed by atoms with van der Waals surface area (Å²) in [6.45, 7) is 9.59. The molecule has 0 bridgehead atoms. The molecule has 19 heteroatoms. The van der Waals surface area contributed by atoms with Crippen molar-refractivity contribution >= 4 is 39.5 Å². The lowest BCUT2D eigenvalue weighted by Gasteiger charge is -2.21. The van der Waals surface area contributed by atoms with E-state index in [-0.39, 0.29) is 25.7 Å². The van der Waals surface area contributed by atoms with Gasteiger partial charge in [0, 0.05) is 25.7 Å². The Bertz CT molecular complexity index is 1990. The summed E-state index contributed by atoms with van der Waals surface area (Å²) in [5.41, 5.74) is 0. The van der Waals surface area contributed by atoms with Gasteiger partial charge in [-0.1, -0.05) is 401 Å². The second-order valence-electron chi connectivity index (χ2n) is 31.5. The molecule has 0 aliphatic rings. The Kier molecular flexibility index (Phi) is 75.0. The van der Waals surface area contributed by atoms with Crippen LogP contribution in [0.15, 0.2) is 0 Å². The van der Waals surface area contributed by atoms with Crippen molar-refractivity contribution in [2.45, 2.75) is 471 Å². The first-order chi connectivity index (χ1) is 50.4. The molecule has 0 saturated carbocycles. The number of hydrogen-bond donors (Lipinski definition) is 3. The summed E-state index contributed by atoms with van der Waals surface area (Å²) >= 11 is 0. The van der Waals surface area contributed by atoms with E-state index < -0.39 is 97.5 Å². The molecule has 0 spiro atoms. The van der Waals surface area contributed by atoms with Gasteiger partial charge in [0.05, 0.1) is 26.4 Å². The molecule has 0 aromatic heterocycles. The van der Waals surface area contributed by atoms with Gasteiger partial charge >= 0.3 is 39.5 Å². The number of carbonyl (C=O) groups is 4. The molecule has 0 aromatic carbocycles. The van der Waals surface area contributed by atoms with Gasteiger partial charge in [0.1, 0.15) is 19.3 Å². The van der Waals surface area contributed by atoms with Crippen LogP contribution in [-0.4, -0.2) is 96.7 Å². The fourth-order valence-electron chi connectivity index (χ4n) is 13.2. The number of carbonyl (C=O) groups excluding carboxylic acids is 4. The van der Waals surface area contributed by atoms with Gasteiger partial charge in [0.15, 0.2) is 12.2 Å². The molecule has 0 radical (unpaired) electrons. The maximum Gasteiger partial charge on any atom is 0.472 e. The third kappa shape index (κ3) is 78.2. The zero-order valence-electron chi connectivity index (χ0n) is 68.3. The Hall–Kier alpha value is -1.94. The molecule has 104 heavy (non-hydrogen) atoms. The fourth-order valence-corrected chi connectivity index (χ4v) is 14.8. The molecule has 0 rings (SSSR count). The van der Waals surface area contributed by atoms with E-state index >= 15 is 0 Å². The lowest BCUT2D eigenvalue weighted by atomic mass is 10.0. The van der Waals surface area contributed by atoms with Crippen molar-refractivity contribution in [3.05, 3.63) is 0 Å². The smallest absolute Gasteiger partial charge is 0.462 e. The Morgan fingerprint density at radius 2 is 0.442 bits per heavy atom. The van der Waals surface area contributed by atoms with Crippen molar-refractivity contribution in [2.75, 3.05) is 39.6 Å². The lowest BCUT2D eigenvalue weighted by molar-refractivity contribution is -0.161. The van der Waals surface area contributed by atoms with Crippen LogP contribution in [0.3, 0.4) is 0 Å². The summed E-state index contributed by atoms with van der Waals surface area (Å²) < 4.78 is 68.8. The van der Waals surface area contributed by atoms with E-state index in [1.807, 2.05) is 0 Å². The Balaban J connectivity index is 5.21. The van der Waals surface area contributed by atoms with Crippen LogP contribution >= 0.6 is 15.6 Å². The summed E-state index contributed by atoms with van der Waals surface area (Å²) in [4.78, 5) is 73.1. The number of phosphoric acid groups is 2. The summed E-state index contributed by atoms with van der Waals surface area (Å²) in [6.07, 6.45) is 68.3. The van der Waals surface area contributed by atoms with Gasteiger partial charge in [0.2, 0.25) is 0 Å². The van der Waals surface area contributed by atoms with E-state index in [4.69, 9.17) is 37.0 Å². The average molecular weight is 1520 g/mol. The van der Waals surface area contributed by atoms with Crippen molar-refractivity contribution in [1.29, 1.82) is 0 Å². The van der Waals surface area contributed by atoms with Crippen LogP contribution in [0.2, 0.25) is 0 Å². The van der Waals surface area contributed by atoms with Gasteiger partial charge in [0.25, 0.3) is 0 Å². The van der Waals surface area contributed by atoms with Crippen LogP contribution in [0, 0.1) is 11.8 Å². The van der Waals surface area contributed by atoms with E-state index in [1.54, 1.807) is 0 Å². The quantitative estimate of drug-likeness (QED) is 0.0222. The fraction of sp³-hybridized carbons (Fsp3) is 0.953. The summed E-state index contributed by atoms with van der Waals surface area (Å²) in [6, 6.07) is 0. The minimum atomic E-state index is -4.97. The zero-order chi connectivity index (χ0) is 76.4. The van der Waals surface area contributed by atoms with Crippen molar-refractivity contribution in [1.82, 2.24) is 0 Å². The highest BCUT2D eigenvalue weighted by molar-refractivity contribution is 7.47. The molecule has 0 saturated heterocycles. The molecule has 2 unspecified atom stereocenters. The number of aliphatic hydroxyl groups is 1. The van der Waals surface area contributed by atoms with Crippen molar-refractivity contribution in [3.8, 4) is 0 Å². The summed E-state index contributed by atoms with van der Waals surface area (Å²) in [5, 5.41) is 10.7. The van der Waals surface area contributed by atoms with E-state index in [0.717, 1.165) is 102 Å². The molecule has 17 nitrogen and oxygen atoms in total. The number of esters is 4. The largest absolute Gasteiger partial charge is 0.472 e. The van der Waals surface area contributed by atoms with Crippen LogP contribution in [0.25, 0.3) is 0 Å². The van der Waals surface area contributed by atoms with E-state index in [1.165, 1.54) is 263 Å². The predicted molar refractivity (Wildman–Crippen MR) is 428 cm³/mol. The van der Waals surface area contributed by atoms with Gasteiger partial charge in [-0.25, -0.2) is 9.13 Å². The van der Waals surface area contributed by atoms with Crippen molar-refractivity contribution < 1.29 is 80.2 Å². The molecular formula is C85H166O17P2. The third-order valence-electron chi connectivity index (χ3n) is 20.0. The molecule has 0 heterocycles. The Morgan fingerprint density at radius 1 is 0.260 bits per heavy atom. The topological polar surface area (TPSA) is 237 Å². The number of unbranched alkanes of at least 4 members (excludes halogenated alkanes) is 54. The number of hydrogen-bond acceptors (Lipinski definition) is 15. The molecule has 0 aromatic rings. The van der Waals surface area contributed by atoms with Crippen LogP contribution in [0.4, 0.5) is 0 Å². The maximum absolute atomic E-state index is 13.1. The first-order valence-electron chi connectivity index (χ1n) is 44.0. The zero-order valence-corrected chi connectivity index (χ0v) is 70.1. The van der Waals surface area contributed by atoms with Crippen LogP contribution < -0.4 is 0 Å². The van der Waals surface area contributed by atoms with Crippen molar-refractivity contribution in [3.63, 3.8) is 0 Å².